The summed E-state index contributed by atoms with van der Waals surface area (Å²) >= 11 is 0. The fraction of sp³-hybridized carbons (Fsp3) is 0.286. The number of carbonyl (C=O) groups is 1. The van der Waals surface area contributed by atoms with Crippen LogP contribution < -0.4 is 16.1 Å². The van der Waals surface area contributed by atoms with E-state index in [1.165, 1.54) is 10.6 Å². The molecular formula is C28H38N2O4. The van der Waals surface area contributed by atoms with Gasteiger partial charge in [-0.25, -0.2) is 0 Å². The molecule has 0 unspecified atom stereocenters. The number of allylic oxidation sites excluding steroid dienone is 2. The van der Waals surface area contributed by atoms with Crippen molar-refractivity contribution in [3.63, 3.8) is 0 Å². The summed E-state index contributed by atoms with van der Waals surface area (Å²) in [6.07, 6.45) is 17.7. The lowest BCUT2D eigenvalue weighted by Gasteiger charge is -2.18. The number of aromatic amines is 1. The van der Waals surface area contributed by atoms with Crippen LogP contribution in [-0.2, 0) is 18.3 Å². The number of rotatable bonds is 6. The molecule has 6 nitrogen and oxygen atoms in total. The first-order chi connectivity index (χ1) is 16.0. The zero-order valence-electron chi connectivity index (χ0n) is 21.2. The van der Waals surface area contributed by atoms with Gasteiger partial charge in [0.25, 0.3) is 5.56 Å². The molecule has 2 heterocycles. The van der Waals surface area contributed by atoms with Crippen LogP contribution in [0.5, 0.6) is 0 Å². The zero-order valence-corrected chi connectivity index (χ0v) is 21.2. The molecule has 2 aromatic heterocycles. The van der Waals surface area contributed by atoms with Gasteiger partial charge in [-0.1, -0.05) is 44.0 Å². The maximum Gasteiger partial charge on any atom is 0.258 e. The molecule has 6 heteroatoms. The minimum absolute atomic E-state index is 0.119. The Bertz CT molecular complexity index is 1160. The highest BCUT2D eigenvalue weighted by molar-refractivity contribution is 5.84. The molecule has 0 aliphatic rings. The van der Waals surface area contributed by atoms with Crippen molar-refractivity contribution in [1.82, 2.24) is 9.55 Å². The van der Waals surface area contributed by atoms with Gasteiger partial charge in [0.1, 0.15) is 6.29 Å². The van der Waals surface area contributed by atoms with Crippen molar-refractivity contribution in [2.45, 2.75) is 39.7 Å². The van der Waals surface area contributed by atoms with Gasteiger partial charge in [0, 0.05) is 49.2 Å². The van der Waals surface area contributed by atoms with Crippen molar-refractivity contribution >= 4 is 30.6 Å². The number of pyridine rings is 1. The standard InChI is InChI=1S/C21H22N2O2.C4H10O.C2H2.CH4O/c1-6-9-17(20-14(4)10-12-22-20)19-15(7-2)16(8-3)21(25)23(5)18(19)11-13-24;1-4(2,3)5;2*1-2/h6-10,12-13,22H,2-4,11H2,1,5H3;5H,1-3H3;1-2H;2H,1H3/b9-6-,20-17-;;;. The summed E-state index contributed by atoms with van der Waals surface area (Å²) in [4.78, 5) is 27.1. The van der Waals surface area contributed by atoms with Gasteiger partial charge in [-0.3, -0.25) is 4.79 Å². The molecule has 184 valence electrons. The quantitative estimate of drug-likeness (QED) is 0.450. The highest BCUT2D eigenvalue weighted by atomic mass is 16.3. The third-order valence-electron chi connectivity index (χ3n) is 4.18. The maximum atomic E-state index is 12.6. The Kier molecular flexibility index (Phi) is 15.3. The van der Waals surface area contributed by atoms with E-state index in [9.17, 15) is 9.59 Å². The Hall–Kier alpha value is -3.66. The van der Waals surface area contributed by atoms with Gasteiger partial charge in [0.2, 0.25) is 0 Å². The summed E-state index contributed by atoms with van der Waals surface area (Å²) in [6, 6.07) is 1.88. The Labute approximate surface area is 203 Å². The average molecular weight is 467 g/mol. The number of aldehydes is 1. The molecule has 0 spiro atoms. The van der Waals surface area contributed by atoms with E-state index in [1.54, 1.807) is 33.9 Å². The molecule has 0 fully saturated rings. The molecule has 0 saturated carbocycles. The molecule has 0 atom stereocenters. The molecule has 0 saturated heterocycles. The van der Waals surface area contributed by atoms with Gasteiger partial charge < -0.3 is 24.6 Å². The van der Waals surface area contributed by atoms with Crippen LogP contribution in [0.3, 0.4) is 0 Å². The molecule has 34 heavy (non-hydrogen) atoms. The summed E-state index contributed by atoms with van der Waals surface area (Å²) in [5, 5.41) is 17.2. The molecule has 0 aliphatic heterocycles. The van der Waals surface area contributed by atoms with Crippen LogP contribution in [-0.4, -0.2) is 38.8 Å². The van der Waals surface area contributed by atoms with Gasteiger partial charge in [0.15, 0.2) is 0 Å². The number of carbonyl (C=O) groups excluding carboxylic acids is 1. The van der Waals surface area contributed by atoms with Crippen LogP contribution >= 0.6 is 0 Å². The second kappa shape index (κ2) is 16.0. The summed E-state index contributed by atoms with van der Waals surface area (Å²) in [5.41, 5.74) is 2.68. The Balaban J connectivity index is 0. The van der Waals surface area contributed by atoms with Crippen LogP contribution in [0.25, 0.3) is 24.3 Å². The highest BCUT2D eigenvalue weighted by Gasteiger charge is 2.19. The lowest BCUT2D eigenvalue weighted by Crippen LogP contribution is -2.29. The smallest absolute Gasteiger partial charge is 0.258 e. The van der Waals surface area contributed by atoms with Gasteiger partial charge in [-0.05, 0) is 44.5 Å². The summed E-state index contributed by atoms with van der Waals surface area (Å²) in [7, 11) is 2.66. The first-order valence-corrected chi connectivity index (χ1v) is 10.5. The fourth-order valence-corrected chi connectivity index (χ4v) is 3.01. The Morgan fingerprint density at radius 2 is 1.68 bits per heavy atom. The largest absolute Gasteiger partial charge is 0.400 e. The lowest BCUT2D eigenvalue weighted by molar-refractivity contribution is -0.107. The van der Waals surface area contributed by atoms with Crippen molar-refractivity contribution in [2.24, 2.45) is 7.05 Å². The monoisotopic (exact) mass is 466 g/mol. The van der Waals surface area contributed by atoms with E-state index in [-0.39, 0.29) is 12.0 Å². The lowest BCUT2D eigenvalue weighted by atomic mass is 9.92. The predicted octanol–water partition coefficient (Wildman–Crippen LogP) is 2.56. The van der Waals surface area contributed by atoms with Crippen molar-refractivity contribution in [3.05, 3.63) is 80.9 Å². The van der Waals surface area contributed by atoms with Crippen molar-refractivity contribution in [1.29, 1.82) is 0 Å². The fourth-order valence-electron chi connectivity index (χ4n) is 3.01. The zero-order chi connectivity index (χ0) is 27.1. The van der Waals surface area contributed by atoms with Crippen LogP contribution in [0.4, 0.5) is 0 Å². The van der Waals surface area contributed by atoms with Crippen LogP contribution in [0.1, 0.15) is 50.1 Å². The molecule has 0 amide bonds. The number of aliphatic hydroxyl groups excluding tert-OH is 1. The van der Waals surface area contributed by atoms with E-state index in [4.69, 9.17) is 10.2 Å². The highest BCUT2D eigenvalue weighted by Crippen LogP contribution is 2.26. The SMILES string of the molecule is C#C.C=Cc1c(C(/C=C\C)=c2\[nH]ccc2=C)c(CC=O)n(C)c(=O)c1C=C.CC(C)(C)O.CO. The van der Waals surface area contributed by atoms with Crippen LogP contribution in [0.15, 0.2) is 42.4 Å². The Morgan fingerprint density at radius 3 is 2.03 bits per heavy atom. The molecule has 0 aromatic carbocycles. The van der Waals surface area contributed by atoms with E-state index in [1.807, 2.05) is 31.3 Å². The molecule has 0 radical (unpaired) electrons. The maximum absolute atomic E-state index is 12.6. The summed E-state index contributed by atoms with van der Waals surface area (Å²) in [5.74, 6) is 0. The molecular weight excluding hydrogens is 428 g/mol. The van der Waals surface area contributed by atoms with Gasteiger partial charge >= 0.3 is 0 Å². The van der Waals surface area contributed by atoms with E-state index < -0.39 is 5.60 Å². The number of hydrogen-bond donors (Lipinski definition) is 3. The molecule has 0 bridgehead atoms. The first kappa shape index (κ1) is 32.5. The third kappa shape index (κ3) is 9.07. The van der Waals surface area contributed by atoms with E-state index in [2.05, 4.69) is 37.6 Å². The number of nitrogens with one attached hydrogen (secondary N) is 1. The predicted molar refractivity (Wildman–Crippen MR) is 145 cm³/mol. The van der Waals surface area contributed by atoms with Crippen molar-refractivity contribution in [3.8, 4) is 12.8 Å². The van der Waals surface area contributed by atoms with Crippen molar-refractivity contribution < 1.29 is 15.0 Å². The van der Waals surface area contributed by atoms with Crippen LogP contribution in [0.2, 0.25) is 0 Å². The second-order valence-electron chi connectivity index (χ2n) is 7.75. The molecule has 0 aliphatic carbocycles. The summed E-state index contributed by atoms with van der Waals surface area (Å²) < 4.78 is 1.50. The summed E-state index contributed by atoms with van der Waals surface area (Å²) in [6.45, 7) is 18.8. The topological polar surface area (TPSA) is 95.3 Å². The number of H-pyrrole nitrogens is 1. The molecule has 2 rings (SSSR count). The van der Waals surface area contributed by atoms with Gasteiger partial charge in [-0.2, -0.15) is 0 Å². The third-order valence-corrected chi connectivity index (χ3v) is 4.18. The second-order valence-corrected chi connectivity index (χ2v) is 7.75. The molecule has 2 aromatic rings. The number of nitrogens with zero attached hydrogens (tertiary/aromatic N) is 1. The van der Waals surface area contributed by atoms with E-state index in [0.717, 1.165) is 35.1 Å². The average Bonchev–Trinajstić information content (AvgIpc) is 3.22. The minimum Gasteiger partial charge on any atom is -0.400 e. The normalized spacial score (nSPS) is 11.0. The first-order valence-electron chi connectivity index (χ1n) is 10.5. The minimum atomic E-state index is -0.500. The van der Waals surface area contributed by atoms with Crippen molar-refractivity contribution in [2.75, 3.05) is 7.11 Å². The number of aliphatic hydroxyl groups is 2. The van der Waals surface area contributed by atoms with Crippen LogP contribution in [0, 0.1) is 12.8 Å². The molecule has 3 N–H and O–H groups in total. The number of aromatic nitrogens is 2. The number of terminal acetylenes is 1. The van der Waals surface area contributed by atoms with Gasteiger partial charge in [0.05, 0.1) is 11.0 Å². The number of hydrogen-bond acceptors (Lipinski definition) is 4. The van der Waals surface area contributed by atoms with E-state index >= 15 is 0 Å². The Morgan fingerprint density at radius 1 is 1.18 bits per heavy atom. The van der Waals surface area contributed by atoms with E-state index in [0.29, 0.717) is 16.8 Å². The van der Waals surface area contributed by atoms with Gasteiger partial charge in [-0.15, -0.1) is 12.8 Å².